The van der Waals surface area contributed by atoms with Gasteiger partial charge in [-0.3, -0.25) is 0 Å². The molecule has 0 aromatic carbocycles. The number of carbonyl (C=O) groups excluding carboxylic acids is 1. The molecule has 0 aliphatic carbocycles. The lowest BCUT2D eigenvalue weighted by Crippen LogP contribution is -2.40. The Morgan fingerprint density at radius 3 is 2.95 bits per heavy atom. The van der Waals surface area contributed by atoms with Crippen LogP contribution in [0, 0.1) is 5.92 Å². The molecule has 0 unspecified atom stereocenters. The van der Waals surface area contributed by atoms with Crippen molar-refractivity contribution in [3.63, 3.8) is 0 Å². The average molecular weight is 269 g/mol. The summed E-state index contributed by atoms with van der Waals surface area (Å²) < 4.78 is 5.55. The third kappa shape index (κ3) is 4.66. The van der Waals surface area contributed by atoms with Gasteiger partial charge in [0.05, 0.1) is 6.10 Å². The number of nitrogens with zero attached hydrogens (tertiary/aromatic N) is 2. The van der Waals surface area contributed by atoms with Gasteiger partial charge in [0.1, 0.15) is 0 Å². The first kappa shape index (κ1) is 14.6. The van der Waals surface area contributed by atoms with Crippen molar-refractivity contribution >= 4 is 6.03 Å². The highest BCUT2D eigenvalue weighted by Crippen LogP contribution is 2.17. The van der Waals surface area contributed by atoms with Crippen LogP contribution >= 0.6 is 0 Å². The fraction of sp³-hybridized carbons (Fsp3) is 0.929. The highest BCUT2D eigenvalue weighted by molar-refractivity contribution is 5.74. The highest BCUT2D eigenvalue weighted by atomic mass is 16.5. The second-order valence-corrected chi connectivity index (χ2v) is 6.02. The van der Waals surface area contributed by atoms with E-state index in [-0.39, 0.29) is 6.03 Å². The Morgan fingerprint density at radius 1 is 1.42 bits per heavy atom. The predicted molar refractivity (Wildman–Crippen MR) is 75.2 cm³/mol. The molecule has 1 N–H and O–H groups in total. The summed E-state index contributed by atoms with van der Waals surface area (Å²) in [6.45, 7) is 4.48. The zero-order chi connectivity index (χ0) is 13.7. The molecule has 0 spiro atoms. The van der Waals surface area contributed by atoms with Crippen molar-refractivity contribution in [1.29, 1.82) is 0 Å². The van der Waals surface area contributed by atoms with Gasteiger partial charge in [-0.25, -0.2) is 4.79 Å². The maximum atomic E-state index is 12.0. The van der Waals surface area contributed by atoms with Gasteiger partial charge in [-0.15, -0.1) is 0 Å². The Balaban J connectivity index is 1.61. The number of carbonyl (C=O) groups is 1. The van der Waals surface area contributed by atoms with Crippen LogP contribution in [0.3, 0.4) is 0 Å². The number of urea groups is 1. The van der Waals surface area contributed by atoms with Crippen LogP contribution in [0.5, 0.6) is 0 Å². The molecular weight excluding hydrogens is 242 g/mol. The quantitative estimate of drug-likeness (QED) is 0.814. The van der Waals surface area contributed by atoms with E-state index in [2.05, 4.69) is 24.3 Å². The zero-order valence-electron chi connectivity index (χ0n) is 12.2. The molecule has 2 atom stereocenters. The summed E-state index contributed by atoms with van der Waals surface area (Å²) in [6, 6.07) is 0.0965. The average Bonchev–Trinajstić information content (AvgIpc) is 2.99. The monoisotopic (exact) mass is 269 g/mol. The Hall–Kier alpha value is -0.810. The number of rotatable bonds is 5. The van der Waals surface area contributed by atoms with E-state index in [1.54, 1.807) is 0 Å². The van der Waals surface area contributed by atoms with Gasteiger partial charge in [0.2, 0.25) is 0 Å². The maximum absolute atomic E-state index is 12.0. The summed E-state index contributed by atoms with van der Waals surface area (Å²) in [5.74, 6) is 0.624. The highest BCUT2D eigenvalue weighted by Gasteiger charge is 2.26. The van der Waals surface area contributed by atoms with Gasteiger partial charge in [-0.1, -0.05) is 0 Å². The molecule has 0 aromatic rings. The number of amides is 2. The van der Waals surface area contributed by atoms with Gasteiger partial charge >= 0.3 is 6.03 Å². The van der Waals surface area contributed by atoms with Crippen LogP contribution in [0.2, 0.25) is 0 Å². The van der Waals surface area contributed by atoms with E-state index in [0.29, 0.717) is 12.0 Å². The van der Waals surface area contributed by atoms with Gasteiger partial charge in [-0.05, 0) is 45.7 Å². The molecule has 5 nitrogen and oxygen atoms in total. The molecule has 5 heteroatoms. The van der Waals surface area contributed by atoms with E-state index < -0.39 is 0 Å². The van der Waals surface area contributed by atoms with Gasteiger partial charge < -0.3 is 19.9 Å². The molecule has 0 bridgehead atoms. The molecule has 19 heavy (non-hydrogen) atoms. The summed E-state index contributed by atoms with van der Waals surface area (Å²) in [5, 5.41) is 3.02. The standard InChI is InChI=1S/C14H27N3O2/c1-16(2)10-12-6-8-17(11-12)14(18)15-7-5-13-4-3-9-19-13/h12-13H,3-11H2,1-2H3,(H,15,18)/t12-,13+/m0/s1. The Bertz CT molecular complexity index is 290. The lowest BCUT2D eigenvalue weighted by molar-refractivity contribution is 0.104. The molecule has 2 fully saturated rings. The minimum absolute atomic E-state index is 0.0965. The number of hydrogen-bond donors (Lipinski definition) is 1. The van der Waals surface area contributed by atoms with Crippen LogP contribution in [0.15, 0.2) is 0 Å². The van der Waals surface area contributed by atoms with Gasteiger partial charge in [0.15, 0.2) is 0 Å². The van der Waals surface area contributed by atoms with E-state index in [0.717, 1.165) is 58.5 Å². The SMILES string of the molecule is CN(C)C[C@@H]1CCN(C(=O)NCC[C@H]2CCCO2)C1. The van der Waals surface area contributed by atoms with Gasteiger partial charge in [0, 0.05) is 32.8 Å². The summed E-state index contributed by atoms with van der Waals surface area (Å²) >= 11 is 0. The van der Waals surface area contributed by atoms with Crippen molar-refractivity contribution in [2.75, 3.05) is 46.9 Å². The molecule has 0 saturated carbocycles. The fourth-order valence-electron chi connectivity index (χ4n) is 3.01. The van der Waals surface area contributed by atoms with Gasteiger partial charge in [-0.2, -0.15) is 0 Å². The second-order valence-electron chi connectivity index (χ2n) is 6.02. The molecule has 0 aromatic heterocycles. The van der Waals surface area contributed by atoms with Gasteiger partial charge in [0.25, 0.3) is 0 Å². The van der Waals surface area contributed by atoms with E-state index in [9.17, 15) is 4.79 Å². The third-order valence-corrected chi connectivity index (χ3v) is 3.96. The first-order valence-electron chi connectivity index (χ1n) is 7.44. The molecular formula is C14H27N3O2. The largest absolute Gasteiger partial charge is 0.378 e. The van der Waals surface area contributed by atoms with Crippen LogP contribution in [-0.4, -0.2) is 68.8 Å². The third-order valence-electron chi connectivity index (χ3n) is 3.96. The lowest BCUT2D eigenvalue weighted by atomic mass is 10.1. The van der Waals surface area contributed by atoms with Crippen LogP contribution < -0.4 is 5.32 Å². The summed E-state index contributed by atoms with van der Waals surface area (Å²) in [4.78, 5) is 16.2. The van der Waals surface area contributed by atoms with Crippen molar-refractivity contribution in [3.8, 4) is 0 Å². The summed E-state index contributed by atoms with van der Waals surface area (Å²) in [5.41, 5.74) is 0. The topological polar surface area (TPSA) is 44.8 Å². The van der Waals surface area contributed by atoms with E-state index in [1.807, 2.05) is 4.90 Å². The molecule has 2 amide bonds. The molecule has 2 rings (SSSR count). The predicted octanol–water partition coefficient (Wildman–Crippen LogP) is 1.15. The minimum atomic E-state index is 0.0965. The maximum Gasteiger partial charge on any atom is 0.317 e. The Labute approximate surface area is 116 Å². The fourth-order valence-corrected chi connectivity index (χ4v) is 3.01. The molecule has 110 valence electrons. The normalized spacial score (nSPS) is 27.2. The summed E-state index contributed by atoms with van der Waals surface area (Å²) in [6.07, 6.45) is 4.74. The van der Waals surface area contributed by atoms with Crippen molar-refractivity contribution in [3.05, 3.63) is 0 Å². The second kappa shape index (κ2) is 7.10. The number of nitrogens with one attached hydrogen (secondary N) is 1. The van der Waals surface area contributed by atoms with Crippen molar-refractivity contribution < 1.29 is 9.53 Å². The van der Waals surface area contributed by atoms with E-state index >= 15 is 0 Å². The van der Waals surface area contributed by atoms with Crippen molar-refractivity contribution in [2.24, 2.45) is 5.92 Å². The number of likely N-dealkylation sites (tertiary alicyclic amines) is 1. The molecule has 2 aliphatic heterocycles. The molecule has 2 aliphatic rings. The van der Waals surface area contributed by atoms with Crippen molar-refractivity contribution in [1.82, 2.24) is 15.1 Å². The Morgan fingerprint density at radius 2 is 2.26 bits per heavy atom. The smallest absolute Gasteiger partial charge is 0.317 e. The van der Waals surface area contributed by atoms with Crippen molar-refractivity contribution in [2.45, 2.75) is 31.8 Å². The zero-order valence-corrected chi connectivity index (χ0v) is 12.2. The lowest BCUT2D eigenvalue weighted by Gasteiger charge is -2.19. The molecule has 0 radical (unpaired) electrons. The Kier molecular flexibility index (Phi) is 5.45. The molecule has 2 heterocycles. The minimum Gasteiger partial charge on any atom is -0.378 e. The van der Waals surface area contributed by atoms with Crippen LogP contribution in [0.4, 0.5) is 4.79 Å². The van der Waals surface area contributed by atoms with Crippen LogP contribution in [0.25, 0.3) is 0 Å². The van der Waals surface area contributed by atoms with Crippen LogP contribution in [-0.2, 0) is 4.74 Å². The first-order valence-corrected chi connectivity index (χ1v) is 7.44. The number of ether oxygens (including phenoxy) is 1. The molecule has 2 saturated heterocycles. The number of hydrogen-bond acceptors (Lipinski definition) is 3. The van der Waals surface area contributed by atoms with E-state index in [4.69, 9.17) is 4.74 Å². The first-order chi connectivity index (χ1) is 9.15. The van der Waals surface area contributed by atoms with E-state index in [1.165, 1.54) is 0 Å². The van der Waals surface area contributed by atoms with Crippen LogP contribution in [0.1, 0.15) is 25.7 Å². The summed E-state index contributed by atoms with van der Waals surface area (Å²) in [7, 11) is 4.18.